The molecule has 27 heavy (non-hydrogen) atoms. The Labute approximate surface area is 154 Å². The van der Waals surface area contributed by atoms with Gasteiger partial charge in [0.25, 0.3) is 5.91 Å². The lowest BCUT2D eigenvalue weighted by atomic mass is 10.1. The van der Waals surface area contributed by atoms with Crippen LogP contribution in [0, 0.1) is 5.82 Å². The van der Waals surface area contributed by atoms with Crippen molar-refractivity contribution in [2.24, 2.45) is 12.8 Å². The molecular formula is C19H16FN5O2. The second kappa shape index (κ2) is 6.24. The monoisotopic (exact) mass is 365 g/mol. The van der Waals surface area contributed by atoms with Gasteiger partial charge in [0.1, 0.15) is 11.6 Å². The molecule has 0 radical (unpaired) electrons. The van der Waals surface area contributed by atoms with E-state index >= 15 is 0 Å². The lowest BCUT2D eigenvalue weighted by Crippen LogP contribution is -2.30. The lowest BCUT2D eigenvalue weighted by molar-refractivity contribution is 0.0975. The molecule has 0 spiro atoms. The van der Waals surface area contributed by atoms with Crippen molar-refractivity contribution in [1.82, 2.24) is 9.78 Å². The summed E-state index contributed by atoms with van der Waals surface area (Å²) in [6.07, 6.45) is 1.67. The maximum absolute atomic E-state index is 14.5. The van der Waals surface area contributed by atoms with Crippen molar-refractivity contribution >= 4 is 29.0 Å². The van der Waals surface area contributed by atoms with Gasteiger partial charge < -0.3 is 16.0 Å². The minimum absolute atomic E-state index is 0.0107. The fourth-order valence-corrected chi connectivity index (χ4v) is 3.13. The molecule has 0 aliphatic carbocycles. The number of aromatic nitrogens is 2. The van der Waals surface area contributed by atoms with E-state index in [9.17, 15) is 14.0 Å². The minimum atomic E-state index is -0.794. The van der Waals surface area contributed by atoms with Crippen LogP contribution in [0.15, 0.2) is 48.7 Å². The van der Waals surface area contributed by atoms with Crippen molar-refractivity contribution in [3.63, 3.8) is 0 Å². The van der Waals surface area contributed by atoms with Gasteiger partial charge in [-0.2, -0.15) is 5.10 Å². The fourth-order valence-electron chi connectivity index (χ4n) is 3.13. The summed E-state index contributed by atoms with van der Waals surface area (Å²) in [5.41, 5.74) is 7.18. The van der Waals surface area contributed by atoms with Crippen LogP contribution in [0.2, 0.25) is 0 Å². The van der Waals surface area contributed by atoms with Crippen LogP contribution in [0.1, 0.15) is 26.3 Å². The number of carbonyl (C=O) groups is 2. The van der Waals surface area contributed by atoms with Gasteiger partial charge in [0.2, 0.25) is 5.91 Å². The predicted octanol–water partition coefficient (Wildman–Crippen LogP) is 2.56. The highest BCUT2D eigenvalue weighted by molar-refractivity contribution is 6.09. The summed E-state index contributed by atoms with van der Waals surface area (Å²) in [4.78, 5) is 25.9. The van der Waals surface area contributed by atoms with E-state index in [4.69, 9.17) is 5.73 Å². The van der Waals surface area contributed by atoms with Gasteiger partial charge in [-0.15, -0.1) is 0 Å². The third kappa shape index (κ3) is 2.80. The molecule has 3 N–H and O–H groups in total. The number of anilines is 3. The molecule has 0 saturated heterocycles. The third-order valence-electron chi connectivity index (χ3n) is 4.52. The van der Waals surface area contributed by atoms with Crippen LogP contribution in [-0.2, 0) is 13.6 Å². The highest BCUT2D eigenvalue weighted by Crippen LogP contribution is 2.36. The van der Waals surface area contributed by atoms with Gasteiger partial charge in [0.05, 0.1) is 29.7 Å². The van der Waals surface area contributed by atoms with Gasteiger partial charge >= 0.3 is 0 Å². The summed E-state index contributed by atoms with van der Waals surface area (Å²) in [6.45, 7) is 0.225. The van der Waals surface area contributed by atoms with E-state index < -0.39 is 17.6 Å². The number of nitrogens with two attached hydrogens (primary N) is 1. The first kappa shape index (κ1) is 16.8. The molecule has 4 rings (SSSR count). The SMILES string of the molecule is Cn1ncc2c1Nc1ccccc1N(C(=O)c1ccc(C(N)=O)cc1F)C2. The average Bonchev–Trinajstić information content (AvgIpc) is 2.90. The summed E-state index contributed by atoms with van der Waals surface area (Å²) < 4.78 is 16.2. The molecule has 2 amide bonds. The number of carbonyl (C=O) groups excluding carboxylic acids is 2. The molecule has 0 fully saturated rings. The molecule has 7 nitrogen and oxygen atoms in total. The second-order valence-electron chi connectivity index (χ2n) is 6.23. The van der Waals surface area contributed by atoms with Crippen molar-refractivity contribution in [3.05, 3.63) is 71.2 Å². The molecule has 2 aromatic carbocycles. The Bertz CT molecular complexity index is 1080. The molecule has 0 atom stereocenters. The van der Waals surface area contributed by atoms with Crippen molar-refractivity contribution < 1.29 is 14.0 Å². The number of primary amides is 1. The molecule has 1 aliphatic heterocycles. The van der Waals surface area contributed by atoms with Crippen LogP contribution in [-0.4, -0.2) is 21.6 Å². The molecule has 0 unspecified atom stereocenters. The van der Waals surface area contributed by atoms with Crippen molar-refractivity contribution in [2.45, 2.75) is 6.54 Å². The lowest BCUT2D eigenvalue weighted by Gasteiger charge is -2.23. The van der Waals surface area contributed by atoms with Crippen LogP contribution in [0.3, 0.4) is 0 Å². The summed E-state index contributed by atoms with van der Waals surface area (Å²) in [6, 6.07) is 10.9. The number of nitrogens with zero attached hydrogens (tertiary/aromatic N) is 3. The number of hydrogen-bond acceptors (Lipinski definition) is 4. The number of amides is 2. The van der Waals surface area contributed by atoms with Gasteiger partial charge in [-0.05, 0) is 30.3 Å². The Hall–Kier alpha value is -3.68. The smallest absolute Gasteiger partial charge is 0.261 e. The summed E-state index contributed by atoms with van der Waals surface area (Å²) in [7, 11) is 1.80. The highest BCUT2D eigenvalue weighted by atomic mass is 19.1. The molecule has 136 valence electrons. The molecule has 1 aliphatic rings. The van der Waals surface area contributed by atoms with Crippen molar-refractivity contribution in [2.75, 3.05) is 10.2 Å². The minimum Gasteiger partial charge on any atom is -0.366 e. The summed E-state index contributed by atoms with van der Waals surface area (Å²) >= 11 is 0. The molecule has 0 saturated carbocycles. The number of rotatable bonds is 2. The van der Waals surface area contributed by atoms with E-state index in [2.05, 4.69) is 10.4 Å². The number of para-hydroxylation sites is 2. The fraction of sp³-hybridized carbons (Fsp3) is 0.105. The predicted molar refractivity (Wildman–Crippen MR) is 98.4 cm³/mol. The molecule has 3 aromatic rings. The van der Waals surface area contributed by atoms with Crippen LogP contribution >= 0.6 is 0 Å². The van der Waals surface area contributed by atoms with Gasteiger partial charge in [-0.3, -0.25) is 14.3 Å². The maximum atomic E-state index is 14.5. The highest BCUT2D eigenvalue weighted by Gasteiger charge is 2.28. The number of benzene rings is 2. The molecular weight excluding hydrogens is 349 g/mol. The Morgan fingerprint density at radius 3 is 2.74 bits per heavy atom. The van der Waals surface area contributed by atoms with Gasteiger partial charge in [-0.1, -0.05) is 12.1 Å². The number of aryl methyl sites for hydroxylation is 1. The van der Waals surface area contributed by atoms with Crippen LogP contribution in [0.4, 0.5) is 21.6 Å². The van der Waals surface area contributed by atoms with Crippen LogP contribution < -0.4 is 16.0 Å². The molecule has 8 heteroatoms. The van der Waals surface area contributed by atoms with E-state index in [0.717, 1.165) is 17.4 Å². The number of fused-ring (bicyclic) bond motifs is 2. The first-order valence-corrected chi connectivity index (χ1v) is 8.24. The zero-order valence-corrected chi connectivity index (χ0v) is 14.4. The average molecular weight is 365 g/mol. The van der Waals surface area contributed by atoms with Crippen LogP contribution in [0.25, 0.3) is 0 Å². The first-order chi connectivity index (χ1) is 13.0. The van der Waals surface area contributed by atoms with Crippen LogP contribution in [0.5, 0.6) is 0 Å². The first-order valence-electron chi connectivity index (χ1n) is 8.24. The van der Waals surface area contributed by atoms with Gasteiger partial charge in [0, 0.05) is 18.2 Å². The zero-order valence-electron chi connectivity index (χ0n) is 14.4. The van der Waals surface area contributed by atoms with E-state index in [-0.39, 0.29) is 17.7 Å². The normalized spacial score (nSPS) is 12.6. The zero-order chi connectivity index (χ0) is 19.1. The Morgan fingerprint density at radius 1 is 1.22 bits per heavy atom. The molecule has 0 bridgehead atoms. The number of halogens is 1. The topological polar surface area (TPSA) is 93.2 Å². The van der Waals surface area contributed by atoms with E-state index in [1.807, 2.05) is 18.2 Å². The largest absolute Gasteiger partial charge is 0.366 e. The van der Waals surface area contributed by atoms with E-state index in [1.54, 1.807) is 24.0 Å². The molecule has 2 heterocycles. The number of nitrogens with one attached hydrogen (secondary N) is 1. The molecule has 1 aromatic heterocycles. The Morgan fingerprint density at radius 2 is 2.00 bits per heavy atom. The number of hydrogen-bond donors (Lipinski definition) is 2. The maximum Gasteiger partial charge on any atom is 0.261 e. The van der Waals surface area contributed by atoms with Gasteiger partial charge in [0.15, 0.2) is 0 Å². The van der Waals surface area contributed by atoms with Crippen molar-refractivity contribution in [1.29, 1.82) is 0 Å². The van der Waals surface area contributed by atoms with Gasteiger partial charge in [-0.25, -0.2) is 4.39 Å². The standard InChI is InChI=1S/C19H16FN5O2/c1-24-18-12(9-22-24)10-25(16-5-3-2-4-15(16)23-18)19(27)13-7-6-11(17(21)26)8-14(13)20/h2-9,23H,10H2,1H3,(H2,21,26). The third-order valence-corrected chi connectivity index (χ3v) is 4.52. The Balaban J connectivity index is 1.80. The summed E-state index contributed by atoms with van der Waals surface area (Å²) in [5, 5.41) is 7.50. The summed E-state index contributed by atoms with van der Waals surface area (Å²) in [5.74, 6) is -1.30. The second-order valence-corrected chi connectivity index (χ2v) is 6.23. The van der Waals surface area contributed by atoms with E-state index in [0.29, 0.717) is 11.4 Å². The van der Waals surface area contributed by atoms with Crippen molar-refractivity contribution in [3.8, 4) is 0 Å². The van der Waals surface area contributed by atoms with E-state index in [1.165, 1.54) is 17.0 Å². The Kier molecular flexibility index (Phi) is 3.88. The quantitative estimate of drug-likeness (QED) is 0.730.